The van der Waals surface area contributed by atoms with Crippen LogP contribution in [0.5, 0.6) is 5.75 Å². The zero-order valence-corrected chi connectivity index (χ0v) is 17.8. The minimum atomic E-state index is -0.786. The highest BCUT2D eigenvalue weighted by Gasteiger charge is 2.25. The number of rotatable bonds is 6. The Morgan fingerprint density at radius 2 is 2.07 bits per heavy atom. The SMILES string of the molecule is COc1cccc(-c2nnc([C@H](Nc3ccc(C#N)c(I)c3C)[C@H](C)O)o2)c1. The molecule has 1 heterocycles. The molecule has 2 N–H and O–H groups in total. The van der Waals surface area contributed by atoms with E-state index in [1.54, 1.807) is 26.2 Å². The van der Waals surface area contributed by atoms with Crippen LogP contribution in [0.3, 0.4) is 0 Å². The summed E-state index contributed by atoms with van der Waals surface area (Å²) >= 11 is 2.14. The molecule has 7 nitrogen and oxygen atoms in total. The summed E-state index contributed by atoms with van der Waals surface area (Å²) in [6.45, 7) is 3.57. The van der Waals surface area contributed by atoms with Gasteiger partial charge in [0.25, 0.3) is 0 Å². The molecule has 0 aliphatic heterocycles. The maximum atomic E-state index is 10.3. The lowest BCUT2D eigenvalue weighted by atomic mass is 10.1. The van der Waals surface area contributed by atoms with Gasteiger partial charge in [0, 0.05) is 14.8 Å². The van der Waals surface area contributed by atoms with E-state index in [9.17, 15) is 10.4 Å². The van der Waals surface area contributed by atoms with E-state index in [-0.39, 0.29) is 5.89 Å². The van der Waals surface area contributed by atoms with Crippen LogP contribution in [0.15, 0.2) is 40.8 Å². The Balaban J connectivity index is 1.91. The molecule has 0 saturated heterocycles. The van der Waals surface area contributed by atoms with Crippen molar-refractivity contribution < 1.29 is 14.3 Å². The van der Waals surface area contributed by atoms with Crippen molar-refractivity contribution in [1.29, 1.82) is 5.26 Å². The fourth-order valence-corrected chi connectivity index (χ4v) is 3.31. The molecule has 0 unspecified atom stereocenters. The van der Waals surface area contributed by atoms with Gasteiger partial charge >= 0.3 is 0 Å². The van der Waals surface area contributed by atoms with E-state index in [0.29, 0.717) is 17.2 Å². The number of nitrogens with zero attached hydrogens (tertiary/aromatic N) is 3. The fraction of sp³-hybridized carbons (Fsp3) is 0.250. The number of nitriles is 1. The average Bonchev–Trinajstić information content (AvgIpc) is 3.18. The van der Waals surface area contributed by atoms with Gasteiger partial charge in [0.2, 0.25) is 11.8 Å². The first-order valence-electron chi connectivity index (χ1n) is 8.56. The molecule has 0 aliphatic rings. The standard InChI is InChI=1S/C20H19IN4O3/c1-11-16(8-7-14(10-22)17(11)21)23-18(12(2)26)20-25-24-19(28-20)13-5-4-6-15(9-13)27-3/h4-9,12,18,23,26H,1-3H3/t12-,18+/m0/s1. The minimum Gasteiger partial charge on any atom is -0.497 e. The summed E-state index contributed by atoms with van der Waals surface area (Å²) in [4.78, 5) is 0. The third-order valence-corrected chi connectivity index (χ3v) is 5.71. The van der Waals surface area contributed by atoms with Gasteiger partial charge in [0.1, 0.15) is 17.9 Å². The molecule has 2 aromatic carbocycles. The smallest absolute Gasteiger partial charge is 0.247 e. The number of nitrogens with one attached hydrogen (secondary N) is 1. The van der Waals surface area contributed by atoms with Gasteiger partial charge in [-0.05, 0) is 72.3 Å². The number of methoxy groups -OCH3 is 1. The molecule has 0 radical (unpaired) electrons. The molecule has 8 heteroatoms. The number of halogens is 1. The lowest BCUT2D eigenvalue weighted by Gasteiger charge is -2.21. The van der Waals surface area contributed by atoms with Crippen molar-refractivity contribution in [3.63, 3.8) is 0 Å². The number of aliphatic hydroxyl groups is 1. The van der Waals surface area contributed by atoms with Gasteiger partial charge in [0.15, 0.2) is 0 Å². The third-order valence-electron chi connectivity index (χ3n) is 4.32. The zero-order valence-electron chi connectivity index (χ0n) is 15.6. The van der Waals surface area contributed by atoms with Crippen LogP contribution in [0.25, 0.3) is 11.5 Å². The highest BCUT2D eigenvalue weighted by Crippen LogP contribution is 2.30. The van der Waals surface area contributed by atoms with Crippen molar-refractivity contribution in [1.82, 2.24) is 10.2 Å². The van der Waals surface area contributed by atoms with Crippen molar-refractivity contribution in [2.45, 2.75) is 26.0 Å². The summed E-state index contributed by atoms with van der Waals surface area (Å²) < 4.78 is 11.9. The summed E-state index contributed by atoms with van der Waals surface area (Å²) in [5.41, 5.74) is 3.04. The Hall–Kier alpha value is -2.64. The topological polar surface area (TPSA) is 104 Å². The maximum absolute atomic E-state index is 10.3. The first kappa shape index (κ1) is 20.1. The first-order valence-corrected chi connectivity index (χ1v) is 9.64. The van der Waals surface area contributed by atoms with E-state index in [0.717, 1.165) is 20.4 Å². The highest BCUT2D eigenvalue weighted by molar-refractivity contribution is 14.1. The van der Waals surface area contributed by atoms with E-state index in [2.05, 4.69) is 44.2 Å². The monoisotopic (exact) mass is 490 g/mol. The van der Waals surface area contributed by atoms with Crippen LogP contribution in [0.2, 0.25) is 0 Å². The summed E-state index contributed by atoms with van der Waals surface area (Å²) in [5, 5.41) is 30.9. The lowest BCUT2D eigenvalue weighted by molar-refractivity contribution is 0.159. The summed E-state index contributed by atoms with van der Waals surface area (Å²) in [6.07, 6.45) is -0.786. The van der Waals surface area contributed by atoms with Gasteiger partial charge in [-0.1, -0.05) is 6.07 Å². The van der Waals surface area contributed by atoms with Crippen LogP contribution in [-0.4, -0.2) is 28.5 Å². The molecule has 2 atom stereocenters. The maximum Gasteiger partial charge on any atom is 0.247 e. The Kier molecular flexibility index (Phi) is 6.16. The second kappa shape index (κ2) is 8.58. The van der Waals surface area contributed by atoms with Crippen molar-refractivity contribution >= 4 is 28.3 Å². The molecule has 3 aromatic rings. The molecular formula is C20H19IN4O3. The molecule has 0 saturated carbocycles. The summed E-state index contributed by atoms with van der Waals surface area (Å²) in [5.74, 6) is 1.30. The quantitative estimate of drug-likeness (QED) is 0.503. The van der Waals surface area contributed by atoms with Crippen LogP contribution in [0, 0.1) is 21.8 Å². The highest BCUT2D eigenvalue weighted by atomic mass is 127. The van der Waals surface area contributed by atoms with Gasteiger partial charge in [0.05, 0.1) is 18.8 Å². The summed E-state index contributed by atoms with van der Waals surface area (Å²) in [7, 11) is 1.59. The first-order chi connectivity index (χ1) is 13.4. The number of aliphatic hydroxyl groups excluding tert-OH is 1. The molecule has 0 fully saturated rings. The van der Waals surface area contributed by atoms with E-state index < -0.39 is 12.1 Å². The van der Waals surface area contributed by atoms with Crippen LogP contribution in [-0.2, 0) is 0 Å². The third kappa shape index (κ3) is 4.10. The van der Waals surface area contributed by atoms with Gasteiger partial charge in [-0.2, -0.15) is 5.26 Å². The Morgan fingerprint density at radius 1 is 1.29 bits per heavy atom. The second-order valence-corrected chi connectivity index (χ2v) is 7.33. The molecule has 0 bridgehead atoms. The Morgan fingerprint density at radius 3 is 2.75 bits per heavy atom. The zero-order chi connectivity index (χ0) is 20.3. The molecule has 144 valence electrons. The number of anilines is 1. The van der Waals surface area contributed by atoms with E-state index >= 15 is 0 Å². The van der Waals surface area contributed by atoms with Crippen LogP contribution in [0.4, 0.5) is 5.69 Å². The molecular weight excluding hydrogens is 471 g/mol. The molecule has 0 amide bonds. The lowest BCUT2D eigenvalue weighted by Crippen LogP contribution is -2.23. The van der Waals surface area contributed by atoms with Gasteiger partial charge in [-0.25, -0.2) is 0 Å². The predicted molar refractivity (Wildman–Crippen MR) is 113 cm³/mol. The van der Waals surface area contributed by atoms with Crippen molar-refractivity contribution in [3.05, 3.63) is 57.0 Å². The van der Waals surface area contributed by atoms with Crippen LogP contribution >= 0.6 is 22.6 Å². The van der Waals surface area contributed by atoms with Gasteiger partial charge in [-0.15, -0.1) is 10.2 Å². The van der Waals surface area contributed by atoms with Gasteiger partial charge < -0.3 is 19.6 Å². The molecule has 0 aliphatic carbocycles. The summed E-state index contributed by atoms with van der Waals surface area (Å²) in [6, 6.07) is 12.4. The van der Waals surface area contributed by atoms with E-state index in [1.165, 1.54) is 0 Å². The minimum absolute atomic E-state index is 0.270. The normalized spacial score (nSPS) is 12.9. The molecule has 28 heavy (non-hydrogen) atoms. The van der Waals surface area contributed by atoms with Gasteiger partial charge in [-0.3, -0.25) is 0 Å². The van der Waals surface area contributed by atoms with Crippen molar-refractivity contribution in [3.8, 4) is 23.3 Å². The number of hydrogen-bond acceptors (Lipinski definition) is 7. The largest absolute Gasteiger partial charge is 0.497 e. The van der Waals surface area contributed by atoms with Crippen LogP contribution in [0.1, 0.15) is 30.0 Å². The number of hydrogen-bond donors (Lipinski definition) is 2. The second-order valence-electron chi connectivity index (χ2n) is 6.25. The Labute approximate surface area is 176 Å². The average molecular weight is 490 g/mol. The Bertz CT molecular complexity index is 1030. The number of aromatic nitrogens is 2. The van der Waals surface area contributed by atoms with Crippen molar-refractivity contribution in [2.24, 2.45) is 0 Å². The van der Waals surface area contributed by atoms with E-state index in [4.69, 9.17) is 9.15 Å². The number of ether oxygens (including phenoxy) is 1. The molecule has 1 aromatic heterocycles. The number of benzene rings is 2. The fourth-order valence-electron chi connectivity index (χ4n) is 2.72. The molecule has 3 rings (SSSR count). The van der Waals surface area contributed by atoms with Crippen LogP contribution < -0.4 is 10.1 Å². The molecule has 0 spiro atoms. The van der Waals surface area contributed by atoms with Crippen molar-refractivity contribution in [2.75, 3.05) is 12.4 Å². The predicted octanol–water partition coefficient (Wildman–Crippen LogP) is 4.06. The van der Waals surface area contributed by atoms with E-state index in [1.807, 2.05) is 31.2 Å².